The summed E-state index contributed by atoms with van der Waals surface area (Å²) in [5.74, 6) is 0.111. The molecular formula is C10H11BrN2O. The molecule has 4 heteroatoms. The molecule has 0 heterocycles. The smallest absolute Gasteiger partial charge is 0.121 e. The number of rotatable bonds is 2. The molecule has 0 spiro atoms. The van der Waals surface area contributed by atoms with Gasteiger partial charge in [0.2, 0.25) is 0 Å². The van der Waals surface area contributed by atoms with Gasteiger partial charge in [0.15, 0.2) is 0 Å². The van der Waals surface area contributed by atoms with Crippen molar-refractivity contribution >= 4 is 15.9 Å². The summed E-state index contributed by atoms with van der Waals surface area (Å²) in [6.07, 6.45) is 0.169. The molecule has 0 aliphatic rings. The van der Waals surface area contributed by atoms with Gasteiger partial charge in [-0.1, -0.05) is 22.0 Å². The van der Waals surface area contributed by atoms with Crippen LogP contribution in [0.1, 0.15) is 18.9 Å². The Morgan fingerprint density at radius 3 is 2.79 bits per heavy atom. The molecule has 0 radical (unpaired) electrons. The molecule has 74 valence electrons. The number of nitriles is 1. The summed E-state index contributed by atoms with van der Waals surface area (Å²) in [4.78, 5) is 0. The maximum absolute atomic E-state index is 9.63. The monoisotopic (exact) mass is 254 g/mol. The van der Waals surface area contributed by atoms with Crippen LogP contribution in [0.2, 0.25) is 0 Å². The molecule has 1 aromatic rings. The van der Waals surface area contributed by atoms with Gasteiger partial charge in [-0.05, 0) is 19.1 Å². The third kappa shape index (κ3) is 2.25. The van der Waals surface area contributed by atoms with Crippen molar-refractivity contribution in [2.45, 2.75) is 18.9 Å². The summed E-state index contributed by atoms with van der Waals surface area (Å²) in [6, 6.07) is 7.08. The lowest BCUT2D eigenvalue weighted by Crippen LogP contribution is -2.32. The molecule has 0 amide bonds. The van der Waals surface area contributed by atoms with E-state index in [1.165, 1.54) is 0 Å². The summed E-state index contributed by atoms with van der Waals surface area (Å²) < 4.78 is 0.784. The highest BCUT2D eigenvalue weighted by molar-refractivity contribution is 9.10. The molecule has 1 rings (SSSR count). The van der Waals surface area contributed by atoms with Crippen molar-refractivity contribution in [3.63, 3.8) is 0 Å². The van der Waals surface area contributed by atoms with Crippen LogP contribution in [0, 0.1) is 11.3 Å². The fourth-order valence-electron chi connectivity index (χ4n) is 1.25. The zero-order valence-corrected chi connectivity index (χ0v) is 9.37. The number of aromatic hydroxyl groups is 1. The summed E-state index contributed by atoms with van der Waals surface area (Å²) in [5, 5.41) is 18.2. The number of benzene rings is 1. The topological polar surface area (TPSA) is 70.0 Å². The highest BCUT2D eigenvalue weighted by atomic mass is 79.9. The lowest BCUT2D eigenvalue weighted by molar-refractivity contribution is 0.428. The minimum Gasteiger partial charge on any atom is -0.508 e. The molecule has 0 aromatic heterocycles. The minimum absolute atomic E-state index is 0.111. The van der Waals surface area contributed by atoms with Crippen LogP contribution in [0.4, 0.5) is 0 Å². The summed E-state index contributed by atoms with van der Waals surface area (Å²) in [7, 11) is 0. The van der Waals surface area contributed by atoms with Crippen molar-refractivity contribution in [2.75, 3.05) is 0 Å². The van der Waals surface area contributed by atoms with Crippen LogP contribution < -0.4 is 5.73 Å². The Hall–Kier alpha value is -1.05. The quantitative estimate of drug-likeness (QED) is 0.851. The van der Waals surface area contributed by atoms with E-state index >= 15 is 0 Å². The van der Waals surface area contributed by atoms with Gasteiger partial charge in [0.1, 0.15) is 5.75 Å². The van der Waals surface area contributed by atoms with E-state index in [9.17, 15) is 5.11 Å². The first-order valence-electron chi connectivity index (χ1n) is 4.12. The van der Waals surface area contributed by atoms with Crippen molar-refractivity contribution in [3.05, 3.63) is 28.2 Å². The number of phenols is 1. The van der Waals surface area contributed by atoms with Gasteiger partial charge >= 0.3 is 0 Å². The van der Waals surface area contributed by atoms with Gasteiger partial charge in [0.25, 0.3) is 0 Å². The number of nitrogens with zero attached hydrogens (tertiary/aromatic N) is 1. The minimum atomic E-state index is -0.806. The van der Waals surface area contributed by atoms with Crippen LogP contribution in [-0.4, -0.2) is 5.11 Å². The average molecular weight is 255 g/mol. The highest BCUT2D eigenvalue weighted by Crippen LogP contribution is 2.31. The lowest BCUT2D eigenvalue weighted by Gasteiger charge is -2.22. The van der Waals surface area contributed by atoms with Gasteiger partial charge in [-0.15, -0.1) is 0 Å². The second-order valence-electron chi connectivity index (χ2n) is 3.41. The standard InChI is InChI=1S/C10H11BrN2O/c1-10(13,4-5-12)8-3-2-7(11)6-9(8)14/h2-3,6,14H,4,13H2,1H3. The van der Waals surface area contributed by atoms with Crippen LogP contribution in [-0.2, 0) is 5.54 Å². The van der Waals surface area contributed by atoms with Crippen molar-refractivity contribution in [2.24, 2.45) is 5.73 Å². The van der Waals surface area contributed by atoms with Crippen LogP contribution in [0.25, 0.3) is 0 Å². The van der Waals surface area contributed by atoms with Crippen molar-refractivity contribution in [1.82, 2.24) is 0 Å². The second kappa shape index (κ2) is 3.99. The summed E-state index contributed by atoms with van der Waals surface area (Å²) in [5.41, 5.74) is 5.68. The Labute approximate surface area is 91.3 Å². The lowest BCUT2D eigenvalue weighted by atomic mass is 9.90. The van der Waals surface area contributed by atoms with E-state index in [0.717, 1.165) is 4.47 Å². The summed E-state index contributed by atoms with van der Waals surface area (Å²) >= 11 is 3.24. The van der Waals surface area contributed by atoms with Crippen LogP contribution in [0.5, 0.6) is 5.75 Å². The Kier molecular flexibility index (Phi) is 3.14. The Morgan fingerprint density at radius 2 is 2.29 bits per heavy atom. The van der Waals surface area contributed by atoms with Crippen LogP contribution in [0.3, 0.4) is 0 Å². The number of hydrogen-bond donors (Lipinski definition) is 2. The van der Waals surface area contributed by atoms with Gasteiger partial charge < -0.3 is 10.8 Å². The fourth-order valence-corrected chi connectivity index (χ4v) is 1.60. The molecule has 0 aliphatic heterocycles. The van der Waals surface area contributed by atoms with Crippen molar-refractivity contribution < 1.29 is 5.11 Å². The average Bonchev–Trinajstić information content (AvgIpc) is 2.02. The van der Waals surface area contributed by atoms with E-state index in [2.05, 4.69) is 15.9 Å². The van der Waals surface area contributed by atoms with Gasteiger partial charge in [0, 0.05) is 10.0 Å². The molecule has 14 heavy (non-hydrogen) atoms. The van der Waals surface area contributed by atoms with E-state index in [4.69, 9.17) is 11.0 Å². The molecule has 0 saturated heterocycles. The highest BCUT2D eigenvalue weighted by Gasteiger charge is 2.24. The Morgan fingerprint density at radius 1 is 1.64 bits per heavy atom. The number of hydrogen-bond acceptors (Lipinski definition) is 3. The molecule has 0 bridgehead atoms. The zero-order valence-electron chi connectivity index (χ0n) is 7.79. The molecule has 0 aliphatic carbocycles. The molecular weight excluding hydrogens is 244 g/mol. The van der Waals surface area contributed by atoms with Crippen LogP contribution >= 0.6 is 15.9 Å². The van der Waals surface area contributed by atoms with Gasteiger partial charge in [0.05, 0.1) is 18.0 Å². The first kappa shape index (κ1) is 11.0. The summed E-state index contributed by atoms with van der Waals surface area (Å²) in [6.45, 7) is 1.72. The molecule has 1 atom stereocenters. The molecule has 1 aromatic carbocycles. The maximum atomic E-state index is 9.63. The molecule has 3 N–H and O–H groups in total. The second-order valence-corrected chi connectivity index (χ2v) is 4.33. The first-order valence-corrected chi connectivity index (χ1v) is 4.91. The fraction of sp³-hybridized carbons (Fsp3) is 0.300. The van der Waals surface area contributed by atoms with Gasteiger partial charge in [-0.3, -0.25) is 0 Å². The third-order valence-electron chi connectivity index (χ3n) is 2.02. The van der Waals surface area contributed by atoms with Gasteiger partial charge in [-0.2, -0.15) is 5.26 Å². The SMILES string of the molecule is CC(N)(CC#N)c1ccc(Br)cc1O. The van der Waals surface area contributed by atoms with Crippen molar-refractivity contribution in [1.29, 1.82) is 5.26 Å². The Bertz CT molecular complexity index is 382. The zero-order chi connectivity index (χ0) is 10.8. The molecule has 1 unspecified atom stereocenters. The largest absolute Gasteiger partial charge is 0.508 e. The van der Waals surface area contributed by atoms with Crippen LogP contribution in [0.15, 0.2) is 22.7 Å². The normalized spacial score (nSPS) is 14.4. The van der Waals surface area contributed by atoms with Gasteiger partial charge in [-0.25, -0.2) is 0 Å². The number of phenolic OH excluding ortho intramolecular Hbond substituents is 1. The predicted molar refractivity (Wildman–Crippen MR) is 57.6 cm³/mol. The number of halogens is 1. The maximum Gasteiger partial charge on any atom is 0.121 e. The van der Waals surface area contributed by atoms with E-state index in [-0.39, 0.29) is 12.2 Å². The van der Waals surface area contributed by atoms with E-state index in [1.807, 2.05) is 6.07 Å². The molecule has 0 saturated carbocycles. The van der Waals surface area contributed by atoms with E-state index in [1.54, 1.807) is 25.1 Å². The number of nitrogens with two attached hydrogens (primary N) is 1. The predicted octanol–water partition coefficient (Wildman–Crippen LogP) is 2.24. The third-order valence-corrected chi connectivity index (χ3v) is 2.51. The van der Waals surface area contributed by atoms with E-state index in [0.29, 0.717) is 5.56 Å². The first-order chi connectivity index (χ1) is 6.47. The molecule has 0 fully saturated rings. The van der Waals surface area contributed by atoms with E-state index < -0.39 is 5.54 Å². The van der Waals surface area contributed by atoms with Crippen molar-refractivity contribution in [3.8, 4) is 11.8 Å². The molecule has 3 nitrogen and oxygen atoms in total. The Balaban J connectivity index is 3.14.